The lowest BCUT2D eigenvalue weighted by Crippen LogP contribution is -2.24. The number of carbonyl (C=O) groups is 1. The highest BCUT2D eigenvalue weighted by molar-refractivity contribution is 7.13. The highest BCUT2D eigenvalue weighted by Crippen LogP contribution is 2.45. The number of ether oxygens (including phenoxy) is 1. The van der Waals surface area contributed by atoms with Crippen LogP contribution in [0, 0.1) is 11.8 Å². The topological polar surface area (TPSA) is 68.2 Å². The lowest BCUT2D eigenvalue weighted by Gasteiger charge is -2.18. The van der Waals surface area contributed by atoms with Crippen molar-refractivity contribution in [3.63, 3.8) is 0 Å². The molecule has 2 atom stereocenters. The third kappa shape index (κ3) is 3.13. The third-order valence-corrected chi connectivity index (χ3v) is 5.14. The molecule has 0 N–H and O–H groups in total. The fourth-order valence-corrected chi connectivity index (χ4v) is 3.75. The quantitative estimate of drug-likeness (QED) is 0.797. The first-order valence-corrected chi connectivity index (χ1v) is 9.03. The van der Waals surface area contributed by atoms with E-state index in [2.05, 4.69) is 19.9 Å². The molecule has 0 spiro atoms. The molecule has 24 heavy (non-hydrogen) atoms. The monoisotopic (exact) mass is 344 g/mol. The first kappa shape index (κ1) is 15.5. The largest absolute Gasteiger partial charge is 0.455 e. The van der Waals surface area contributed by atoms with Crippen LogP contribution in [0.25, 0.3) is 10.7 Å². The summed E-state index contributed by atoms with van der Waals surface area (Å²) in [5, 5.41) is 2.38. The van der Waals surface area contributed by atoms with Gasteiger partial charge in [-0.05, 0) is 39.0 Å². The number of anilines is 1. The second-order valence-electron chi connectivity index (χ2n) is 7.46. The molecule has 4 rings (SSSR count). The van der Waals surface area contributed by atoms with Crippen molar-refractivity contribution in [1.29, 1.82) is 0 Å². The molecular weight excluding hydrogens is 324 g/mol. The zero-order chi connectivity index (χ0) is 16.9. The fourth-order valence-electron chi connectivity index (χ4n) is 3.00. The van der Waals surface area contributed by atoms with E-state index < -0.39 is 11.6 Å². The van der Waals surface area contributed by atoms with Gasteiger partial charge in [0.1, 0.15) is 22.1 Å². The Morgan fingerprint density at radius 1 is 1.25 bits per heavy atom. The van der Waals surface area contributed by atoms with Gasteiger partial charge >= 0.3 is 5.97 Å². The summed E-state index contributed by atoms with van der Waals surface area (Å²) in [5.74, 6) is 2.24. The predicted octanol–water partition coefficient (Wildman–Crippen LogP) is 3.01. The molecule has 126 valence electrons. The zero-order valence-corrected chi connectivity index (χ0v) is 14.8. The normalized spacial score (nSPS) is 22.4. The van der Waals surface area contributed by atoms with Gasteiger partial charge < -0.3 is 9.64 Å². The van der Waals surface area contributed by atoms with Crippen LogP contribution in [0.2, 0.25) is 0 Å². The molecule has 0 amide bonds. The van der Waals surface area contributed by atoms with Gasteiger partial charge in [0.2, 0.25) is 0 Å². The number of piperidine rings is 1. The zero-order valence-electron chi connectivity index (χ0n) is 14.0. The van der Waals surface area contributed by atoms with Crippen molar-refractivity contribution in [2.75, 3.05) is 18.0 Å². The van der Waals surface area contributed by atoms with E-state index in [4.69, 9.17) is 4.74 Å². The Morgan fingerprint density at radius 2 is 2.00 bits per heavy atom. The summed E-state index contributed by atoms with van der Waals surface area (Å²) in [5.41, 5.74) is 0.469. The summed E-state index contributed by atoms with van der Waals surface area (Å²) in [6.45, 7) is 7.71. The molecule has 0 bridgehead atoms. The molecule has 0 radical (unpaired) electrons. The van der Waals surface area contributed by atoms with Gasteiger partial charge in [-0.15, -0.1) is 11.3 Å². The Kier molecular flexibility index (Phi) is 3.56. The van der Waals surface area contributed by atoms with E-state index in [9.17, 15) is 4.79 Å². The lowest BCUT2D eigenvalue weighted by molar-refractivity contribution is 0.00638. The molecule has 1 saturated heterocycles. The van der Waals surface area contributed by atoms with Gasteiger partial charge in [0.25, 0.3) is 0 Å². The van der Waals surface area contributed by atoms with Crippen molar-refractivity contribution in [2.24, 2.45) is 11.8 Å². The molecule has 0 aromatic carbocycles. The average molecular weight is 344 g/mol. The standard InChI is InChI=1S/C17H20N4O2S/c1-17(2,3)23-16(22)13-9-24-15(20-13)12-5-19-14(6-18-12)21-7-10-4-11(10)8-21/h5-6,9-11H,4,7-8H2,1-3H3. The molecule has 6 nitrogen and oxygen atoms in total. The number of thiazole rings is 1. The van der Waals surface area contributed by atoms with Crippen LogP contribution in [0.4, 0.5) is 5.82 Å². The van der Waals surface area contributed by atoms with E-state index in [1.165, 1.54) is 17.8 Å². The van der Waals surface area contributed by atoms with Gasteiger partial charge in [-0.1, -0.05) is 0 Å². The van der Waals surface area contributed by atoms with E-state index in [0.29, 0.717) is 16.4 Å². The summed E-state index contributed by atoms with van der Waals surface area (Å²) in [6, 6.07) is 0. The van der Waals surface area contributed by atoms with Crippen molar-refractivity contribution < 1.29 is 9.53 Å². The molecule has 2 aromatic heterocycles. The minimum absolute atomic E-state index is 0.315. The Labute approximate surface area is 144 Å². The fraction of sp³-hybridized carbons (Fsp3) is 0.529. The van der Waals surface area contributed by atoms with Crippen LogP contribution in [0.1, 0.15) is 37.7 Å². The Balaban J connectivity index is 1.47. The van der Waals surface area contributed by atoms with Crippen molar-refractivity contribution in [3.8, 4) is 10.7 Å². The second kappa shape index (κ2) is 5.51. The van der Waals surface area contributed by atoms with Gasteiger partial charge in [0, 0.05) is 18.5 Å². The molecular formula is C17H20N4O2S. The van der Waals surface area contributed by atoms with E-state index in [1.54, 1.807) is 17.8 Å². The van der Waals surface area contributed by atoms with Crippen LogP contribution in [-0.2, 0) is 4.74 Å². The number of hydrogen-bond acceptors (Lipinski definition) is 7. The van der Waals surface area contributed by atoms with E-state index in [1.807, 2.05) is 20.8 Å². The highest BCUT2D eigenvalue weighted by Gasteiger charge is 2.45. The highest BCUT2D eigenvalue weighted by atomic mass is 32.1. The number of esters is 1. The molecule has 1 aliphatic heterocycles. The predicted molar refractivity (Wildman–Crippen MR) is 92.1 cm³/mol. The molecule has 3 heterocycles. The third-order valence-electron chi connectivity index (χ3n) is 4.27. The van der Waals surface area contributed by atoms with Crippen LogP contribution >= 0.6 is 11.3 Å². The lowest BCUT2D eigenvalue weighted by atomic mass is 10.2. The average Bonchev–Trinajstić information content (AvgIpc) is 2.96. The van der Waals surface area contributed by atoms with Gasteiger partial charge in [0.05, 0.1) is 12.4 Å². The molecule has 7 heteroatoms. The number of aromatic nitrogens is 3. The van der Waals surface area contributed by atoms with Crippen LogP contribution in [-0.4, -0.2) is 39.6 Å². The maximum atomic E-state index is 12.0. The smallest absolute Gasteiger partial charge is 0.358 e. The first-order valence-electron chi connectivity index (χ1n) is 8.15. The Morgan fingerprint density at radius 3 is 2.62 bits per heavy atom. The van der Waals surface area contributed by atoms with Crippen molar-refractivity contribution >= 4 is 23.1 Å². The van der Waals surface area contributed by atoms with E-state index in [-0.39, 0.29) is 0 Å². The maximum Gasteiger partial charge on any atom is 0.358 e. The molecule has 1 saturated carbocycles. The maximum absolute atomic E-state index is 12.0. The van der Waals surface area contributed by atoms with Gasteiger partial charge in [0.15, 0.2) is 5.69 Å². The van der Waals surface area contributed by atoms with Crippen LogP contribution < -0.4 is 4.90 Å². The summed E-state index contributed by atoms with van der Waals surface area (Å²) >= 11 is 1.37. The van der Waals surface area contributed by atoms with Gasteiger partial charge in [-0.2, -0.15) is 0 Å². The van der Waals surface area contributed by atoms with Crippen LogP contribution in [0.15, 0.2) is 17.8 Å². The molecule has 2 aromatic rings. The Hall–Kier alpha value is -2.02. The summed E-state index contributed by atoms with van der Waals surface area (Å²) in [4.78, 5) is 27.7. The molecule has 1 aliphatic carbocycles. The summed E-state index contributed by atoms with van der Waals surface area (Å²) in [7, 11) is 0. The number of nitrogens with zero attached hydrogens (tertiary/aromatic N) is 4. The summed E-state index contributed by atoms with van der Waals surface area (Å²) in [6.07, 6.45) is 4.90. The van der Waals surface area contributed by atoms with Crippen molar-refractivity contribution in [1.82, 2.24) is 15.0 Å². The van der Waals surface area contributed by atoms with Crippen molar-refractivity contribution in [3.05, 3.63) is 23.5 Å². The number of hydrogen-bond donors (Lipinski definition) is 0. The van der Waals surface area contributed by atoms with Gasteiger partial charge in [-0.25, -0.2) is 19.7 Å². The van der Waals surface area contributed by atoms with E-state index in [0.717, 1.165) is 30.7 Å². The number of carbonyl (C=O) groups excluding carboxylic acids is 1. The van der Waals surface area contributed by atoms with Crippen LogP contribution in [0.5, 0.6) is 0 Å². The first-order chi connectivity index (χ1) is 11.4. The minimum atomic E-state index is -0.529. The summed E-state index contributed by atoms with van der Waals surface area (Å²) < 4.78 is 5.34. The minimum Gasteiger partial charge on any atom is -0.455 e. The second-order valence-corrected chi connectivity index (χ2v) is 8.32. The molecule has 2 fully saturated rings. The Bertz CT molecular complexity index is 756. The number of fused-ring (bicyclic) bond motifs is 1. The SMILES string of the molecule is CC(C)(C)OC(=O)c1csc(-c2cnc(N3CC4CC4C3)cn2)n1. The van der Waals surface area contributed by atoms with Gasteiger partial charge in [-0.3, -0.25) is 0 Å². The van der Waals surface area contributed by atoms with Crippen molar-refractivity contribution in [2.45, 2.75) is 32.8 Å². The number of rotatable bonds is 3. The molecule has 2 aliphatic rings. The van der Waals surface area contributed by atoms with Crippen LogP contribution in [0.3, 0.4) is 0 Å². The van der Waals surface area contributed by atoms with E-state index >= 15 is 0 Å². The molecule has 2 unspecified atom stereocenters.